The molecule has 0 bridgehead atoms. The molecule has 1 amide bonds. The van der Waals surface area contributed by atoms with Gasteiger partial charge in [0.1, 0.15) is 6.04 Å². The molecule has 0 aromatic heterocycles. The van der Waals surface area contributed by atoms with E-state index in [2.05, 4.69) is 5.32 Å². The Kier molecular flexibility index (Phi) is 4.73. The topological polar surface area (TPSA) is 92.4 Å². The standard InChI is InChI=1S/C11H20N2O3/c1-2-4-9(11(15)16)13-10(14)7-5-3-6-8(7)12/h7-9H,2-6,12H2,1H3,(H,13,14)(H,15,16). The molecule has 1 rings (SSSR count). The van der Waals surface area contributed by atoms with Gasteiger partial charge in [0.05, 0.1) is 5.92 Å². The van der Waals surface area contributed by atoms with Crippen molar-refractivity contribution in [2.24, 2.45) is 11.7 Å². The normalized spacial score (nSPS) is 26.4. The van der Waals surface area contributed by atoms with Crippen LogP contribution in [0.5, 0.6) is 0 Å². The van der Waals surface area contributed by atoms with Gasteiger partial charge in [0.2, 0.25) is 5.91 Å². The fourth-order valence-electron chi connectivity index (χ4n) is 2.14. The smallest absolute Gasteiger partial charge is 0.326 e. The zero-order chi connectivity index (χ0) is 12.1. The van der Waals surface area contributed by atoms with Gasteiger partial charge in [-0.3, -0.25) is 4.79 Å². The van der Waals surface area contributed by atoms with Crippen molar-refractivity contribution in [1.82, 2.24) is 5.32 Å². The van der Waals surface area contributed by atoms with Crippen LogP contribution in [-0.4, -0.2) is 29.1 Å². The first-order valence-corrected chi connectivity index (χ1v) is 5.85. The van der Waals surface area contributed by atoms with Gasteiger partial charge < -0.3 is 16.2 Å². The summed E-state index contributed by atoms with van der Waals surface area (Å²) in [5.41, 5.74) is 5.80. The Morgan fingerprint density at radius 1 is 1.50 bits per heavy atom. The predicted octanol–water partition coefficient (Wildman–Crippen LogP) is 0.483. The van der Waals surface area contributed by atoms with E-state index in [1.54, 1.807) is 0 Å². The molecule has 5 nitrogen and oxygen atoms in total. The number of amides is 1. The van der Waals surface area contributed by atoms with Crippen LogP contribution < -0.4 is 11.1 Å². The highest BCUT2D eigenvalue weighted by Crippen LogP contribution is 2.24. The SMILES string of the molecule is CCCC(NC(=O)C1CCCC1N)C(=O)O. The third-order valence-corrected chi connectivity index (χ3v) is 3.10. The summed E-state index contributed by atoms with van der Waals surface area (Å²) >= 11 is 0. The molecular formula is C11H20N2O3. The fourth-order valence-corrected chi connectivity index (χ4v) is 2.14. The van der Waals surface area contributed by atoms with Crippen molar-refractivity contribution in [1.29, 1.82) is 0 Å². The summed E-state index contributed by atoms with van der Waals surface area (Å²) in [6, 6.07) is -0.888. The fraction of sp³-hybridized carbons (Fsp3) is 0.818. The molecule has 0 aromatic rings. The number of carbonyl (C=O) groups is 2. The number of carboxylic acid groups (broad SMARTS) is 1. The van der Waals surface area contributed by atoms with Crippen molar-refractivity contribution in [2.75, 3.05) is 0 Å². The Hall–Kier alpha value is -1.10. The van der Waals surface area contributed by atoms with Crippen LogP contribution in [0.4, 0.5) is 0 Å². The minimum atomic E-state index is -0.971. The lowest BCUT2D eigenvalue weighted by molar-refractivity contribution is -0.142. The van der Waals surface area contributed by atoms with Crippen LogP contribution in [0, 0.1) is 5.92 Å². The minimum Gasteiger partial charge on any atom is -0.480 e. The average Bonchev–Trinajstić information content (AvgIpc) is 2.63. The Morgan fingerprint density at radius 3 is 2.62 bits per heavy atom. The monoisotopic (exact) mass is 228 g/mol. The molecule has 5 heteroatoms. The maximum absolute atomic E-state index is 11.8. The van der Waals surface area contributed by atoms with Gasteiger partial charge in [-0.1, -0.05) is 19.8 Å². The van der Waals surface area contributed by atoms with Crippen LogP contribution in [0.15, 0.2) is 0 Å². The highest BCUT2D eigenvalue weighted by atomic mass is 16.4. The second-order valence-corrected chi connectivity index (χ2v) is 4.39. The molecule has 92 valence electrons. The third kappa shape index (κ3) is 3.20. The van der Waals surface area contributed by atoms with Crippen LogP contribution >= 0.6 is 0 Å². The summed E-state index contributed by atoms with van der Waals surface area (Å²) < 4.78 is 0. The summed E-state index contributed by atoms with van der Waals surface area (Å²) in [4.78, 5) is 22.7. The minimum absolute atomic E-state index is 0.115. The lowest BCUT2D eigenvalue weighted by Gasteiger charge is -2.19. The van der Waals surface area contributed by atoms with E-state index < -0.39 is 12.0 Å². The van der Waals surface area contributed by atoms with Crippen LogP contribution in [0.1, 0.15) is 39.0 Å². The van der Waals surface area contributed by atoms with E-state index in [0.717, 1.165) is 25.7 Å². The van der Waals surface area contributed by atoms with E-state index in [1.165, 1.54) is 0 Å². The number of hydrogen-bond acceptors (Lipinski definition) is 3. The van der Waals surface area contributed by atoms with Crippen molar-refractivity contribution in [2.45, 2.75) is 51.1 Å². The van der Waals surface area contributed by atoms with Gasteiger partial charge in [0.15, 0.2) is 0 Å². The first-order chi connectivity index (χ1) is 7.56. The van der Waals surface area contributed by atoms with Gasteiger partial charge in [-0.25, -0.2) is 4.79 Å². The number of aliphatic carboxylic acids is 1. The molecule has 1 aliphatic rings. The first kappa shape index (κ1) is 13.0. The molecule has 0 saturated heterocycles. The second-order valence-electron chi connectivity index (χ2n) is 4.39. The van der Waals surface area contributed by atoms with Crippen molar-refractivity contribution in [3.63, 3.8) is 0 Å². The van der Waals surface area contributed by atoms with Crippen LogP contribution in [0.25, 0.3) is 0 Å². The molecule has 0 heterocycles. The molecule has 0 spiro atoms. The number of carbonyl (C=O) groups excluding carboxylic acids is 1. The van der Waals surface area contributed by atoms with Crippen molar-refractivity contribution in [3.05, 3.63) is 0 Å². The van der Waals surface area contributed by atoms with Crippen LogP contribution in [0.3, 0.4) is 0 Å². The molecule has 1 fully saturated rings. The van der Waals surface area contributed by atoms with Gasteiger partial charge in [0.25, 0.3) is 0 Å². The maximum atomic E-state index is 11.8. The molecule has 0 aliphatic heterocycles. The molecule has 1 aliphatic carbocycles. The van der Waals surface area contributed by atoms with Gasteiger partial charge in [-0.2, -0.15) is 0 Å². The van der Waals surface area contributed by atoms with Crippen molar-refractivity contribution in [3.8, 4) is 0 Å². The molecule has 16 heavy (non-hydrogen) atoms. The van der Waals surface area contributed by atoms with Crippen molar-refractivity contribution >= 4 is 11.9 Å². The molecular weight excluding hydrogens is 208 g/mol. The van der Waals surface area contributed by atoms with E-state index in [9.17, 15) is 9.59 Å². The second kappa shape index (κ2) is 5.84. The highest BCUT2D eigenvalue weighted by Gasteiger charge is 2.32. The maximum Gasteiger partial charge on any atom is 0.326 e. The Morgan fingerprint density at radius 2 is 2.19 bits per heavy atom. The summed E-state index contributed by atoms with van der Waals surface area (Å²) in [6.07, 6.45) is 3.76. The van der Waals surface area contributed by atoms with E-state index in [1.807, 2.05) is 6.92 Å². The number of carboxylic acids is 1. The lowest BCUT2D eigenvalue weighted by atomic mass is 10.0. The molecule has 1 saturated carbocycles. The van der Waals surface area contributed by atoms with E-state index in [4.69, 9.17) is 10.8 Å². The van der Waals surface area contributed by atoms with Crippen LogP contribution in [-0.2, 0) is 9.59 Å². The van der Waals surface area contributed by atoms with Gasteiger partial charge in [-0.15, -0.1) is 0 Å². The Balaban J connectivity index is 2.50. The molecule has 3 unspecified atom stereocenters. The number of rotatable bonds is 5. The summed E-state index contributed by atoms with van der Waals surface area (Å²) in [5.74, 6) is -1.38. The van der Waals surface area contributed by atoms with E-state index in [0.29, 0.717) is 6.42 Å². The lowest BCUT2D eigenvalue weighted by Crippen LogP contribution is -2.46. The summed E-state index contributed by atoms with van der Waals surface area (Å²) in [5, 5.41) is 11.5. The third-order valence-electron chi connectivity index (χ3n) is 3.10. The summed E-state index contributed by atoms with van der Waals surface area (Å²) in [7, 11) is 0. The first-order valence-electron chi connectivity index (χ1n) is 5.85. The van der Waals surface area contributed by atoms with Crippen LogP contribution in [0.2, 0.25) is 0 Å². The molecule has 4 N–H and O–H groups in total. The van der Waals surface area contributed by atoms with Gasteiger partial charge >= 0.3 is 5.97 Å². The Labute approximate surface area is 95.4 Å². The van der Waals surface area contributed by atoms with E-state index >= 15 is 0 Å². The molecule has 3 atom stereocenters. The summed E-state index contributed by atoms with van der Waals surface area (Å²) in [6.45, 7) is 1.89. The zero-order valence-electron chi connectivity index (χ0n) is 9.61. The highest BCUT2D eigenvalue weighted by molar-refractivity contribution is 5.85. The van der Waals surface area contributed by atoms with Crippen molar-refractivity contribution < 1.29 is 14.7 Å². The van der Waals surface area contributed by atoms with Gasteiger partial charge in [0, 0.05) is 6.04 Å². The average molecular weight is 228 g/mol. The number of nitrogens with one attached hydrogen (secondary N) is 1. The number of nitrogens with two attached hydrogens (primary N) is 1. The quantitative estimate of drug-likeness (QED) is 0.638. The Bertz CT molecular complexity index is 268. The predicted molar refractivity (Wildman–Crippen MR) is 59.8 cm³/mol. The zero-order valence-corrected chi connectivity index (χ0v) is 9.61. The number of hydrogen-bond donors (Lipinski definition) is 3. The molecule has 0 radical (unpaired) electrons. The van der Waals surface area contributed by atoms with Gasteiger partial charge in [-0.05, 0) is 19.3 Å². The largest absolute Gasteiger partial charge is 0.480 e. The molecule has 0 aromatic carbocycles. The van der Waals surface area contributed by atoms with E-state index in [-0.39, 0.29) is 17.9 Å².